The maximum atomic E-state index is 3.51. The fourth-order valence-electron chi connectivity index (χ4n) is 1.49. The van der Waals surface area contributed by atoms with Crippen molar-refractivity contribution in [2.45, 2.75) is 26.4 Å². The molecule has 1 atom stereocenters. The Balaban J connectivity index is 2.66. The van der Waals surface area contributed by atoms with E-state index in [1.165, 1.54) is 6.54 Å². The highest BCUT2D eigenvalue weighted by Crippen LogP contribution is 2.22. The third kappa shape index (κ3) is 1.06. The summed E-state index contributed by atoms with van der Waals surface area (Å²) in [5.41, 5.74) is 0.236. The van der Waals surface area contributed by atoms with Crippen molar-refractivity contribution in [2.24, 2.45) is 5.92 Å². The van der Waals surface area contributed by atoms with Gasteiger partial charge in [-0.2, -0.15) is 0 Å². The van der Waals surface area contributed by atoms with Crippen LogP contribution in [0.1, 0.15) is 20.8 Å². The lowest BCUT2D eigenvalue weighted by Crippen LogP contribution is -2.51. The largest absolute Gasteiger partial charge is 0.298 e. The van der Waals surface area contributed by atoms with Gasteiger partial charge in [-0.15, -0.1) is 0 Å². The molecular formula is C8H18N2. The minimum Gasteiger partial charge on any atom is -0.298 e. The van der Waals surface area contributed by atoms with Crippen LogP contribution in [0.4, 0.5) is 0 Å². The lowest BCUT2D eigenvalue weighted by atomic mass is 9.98. The van der Waals surface area contributed by atoms with Crippen molar-refractivity contribution in [1.82, 2.24) is 10.2 Å². The zero-order chi connectivity index (χ0) is 7.78. The highest BCUT2D eigenvalue weighted by atomic mass is 15.4. The molecule has 1 aliphatic heterocycles. The van der Waals surface area contributed by atoms with E-state index >= 15 is 0 Å². The first kappa shape index (κ1) is 8.02. The third-order valence-electron chi connectivity index (χ3n) is 2.85. The van der Waals surface area contributed by atoms with Gasteiger partial charge in [-0.1, -0.05) is 13.8 Å². The Kier molecular flexibility index (Phi) is 2.02. The van der Waals surface area contributed by atoms with Crippen LogP contribution in [0.15, 0.2) is 0 Å². The molecule has 10 heavy (non-hydrogen) atoms. The molecule has 0 aromatic heterocycles. The van der Waals surface area contributed by atoms with Crippen LogP contribution >= 0.6 is 0 Å². The van der Waals surface area contributed by atoms with E-state index in [-0.39, 0.29) is 5.66 Å². The summed E-state index contributed by atoms with van der Waals surface area (Å²) in [5.74, 6) is 0.681. The van der Waals surface area contributed by atoms with E-state index in [1.807, 2.05) is 0 Å². The number of hydrogen-bond acceptors (Lipinski definition) is 2. The zero-order valence-electron chi connectivity index (χ0n) is 7.44. The molecule has 0 spiro atoms. The fourth-order valence-corrected chi connectivity index (χ4v) is 1.49. The summed E-state index contributed by atoms with van der Waals surface area (Å²) in [4.78, 5) is 2.39. The fraction of sp³-hybridized carbons (Fsp3) is 1.00. The predicted octanol–water partition coefficient (Wildman–Crippen LogP) is 0.894. The van der Waals surface area contributed by atoms with Crippen molar-refractivity contribution >= 4 is 0 Å². The van der Waals surface area contributed by atoms with Gasteiger partial charge < -0.3 is 0 Å². The van der Waals surface area contributed by atoms with Gasteiger partial charge in [-0.25, -0.2) is 0 Å². The van der Waals surface area contributed by atoms with Crippen molar-refractivity contribution in [3.63, 3.8) is 0 Å². The van der Waals surface area contributed by atoms with E-state index in [0.29, 0.717) is 5.92 Å². The zero-order valence-corrected chi connectivity index (χ0v) is 7.44. The first-order chi connectivity index (χ1) is 4.57. The van der Waals surface area contributed by atoms with Crippen LogP contribution < -0.4 is 5.32 Å². The van der Waals surface area contributed by atoms with Gasteiger partial charge in [-0.05, 0) is 19.9 Å². The number of nitrogens with one attached hydrogen (secondary N) is 1. The molecule has 0 radical (unpaired) electrons. The summed E-state index contributed by atoms with van der Waals surface area (Å²) in [6.45, 7) is 9.09. The van der Waals surface area contributed by atoms with E-state index < -0.39 is 0 Å². The molecular weight excluding hydrogens is 124 g/mol. The molecule has 1 aliphatic rings. The number of likely N-dealkylation sites (N-methyl/N-ethyl adjacent to an activating group) is 1. The maximum absolute atomic E-state index is 3.51. The molecule has 1 unspecified atom stereocenters. The normalized spacial score (nSPS) is 35.7. The van der Waals surface area contributed by atoms with E-state index in [9.17, 15) is 0 Å². The van der Waals surface area contributed by atoms with Gasteiger partial charge in [0.1, 0.15) is 0 Å². The van der Waals surface area contributed by atoms with Crippen molar-refractivity contribution in [3.05, 3.63) is 0 Å². The second-order valence-electron chi connectivity index (χ2n) is 3.65. The number of hydrogen-bond donors (Lipinski definition) is 1. The van der Waals surface area contributed by atoms with Crippen LogP contribution in [0, 0.1) is 5.92 Å². The monoisotopic (exact) mass is 142 g/mol. The molecule has 1 saturated heterocycles. The lowest BCUT2D eigenvalue weighted by Gasteiger charge is -2.36. The maximum Gasteiger partial charge on any atom is 0.0705 e. The van der Waals surface area contributed by atoms with Gasteiger partial charge in [0.25, 0.3) is 0 Å². The van der Waals surface area contributed by atoms with Crippen molar-refractivity contribution < 1.29 is 0 Å². The molecule has 60 valence electrons. The van der Waals surface area contributed by atoms with Gasteiger partial charge in [0, 0.05) is 13.1 Å². The van der Waals surface area contributed by atoms with Gasteiger partial charge in [0.15, 0.2) is 0 Å². The molecule has 0 aromatic rings. The molecule has 0 amide bonds. The minimum absolute atomic E-state index is 0.236. The standard InChI is InChI=1S/C8H18N2/c1-7(2)8(3)9-5-6-10(8)4/h7,9H,5-6H2,1-4H3. The smallest absolute Gasteiger partial charge is 0.0705 e. The average Bonchev–Trinajstić information content (AvgIpc) is 2.15. The quantitative estimate of drug-likeness (QED) is 0.585. The summed E-state index contributed by atoms with van der Waals surface area (Å²) in [7, 11) is 2.18. The first-order valence-electron chi connectivity index (χ1n) is 4.03. The van der Waals surface area contributed by atoms with Crippen molar-refractivity contribution in [2.75, 3.05) is 20.1 Å². The molecule has 0 saturated carbocycles. The SMILES string of the molecule is CC(C)C1(C)NCCN1C. The number of rotatable bonds is 1. The Hall–Kier alpha value is -0.0800. The molecule has 1 rings (SSSR count). The molecule has 0 aliphatic carbocycles. The predicted molar refractivity (Wildman–Crippen MR) is 43.9 cm³/mol. The Labute approximate surface area is 63.6 Å². The molecule has 2 heteroatoms. The molecule has 2 nitrogen and oxygen atoms in total. The Morgan fingerprint density at radius 2 is 2.10 bits per heavy atom. The Bertz CT molecular complexity index is 122. The van der Waals surface area contributed by atoms with Crippen LogP contribution in [0.25, 0.3) is 0 Å². The lowest BCUT2D eigenvalue weighted by molar-refractivity contribution is 0.115. The Morgan fingerprint density at radius 3 is 2.30 bits per heavy atom. The van der Waals surface area contributed by atoms with Crippen LogP contribution in [-0.4, -0.2) is 30.7 Å². The van der Waals surface area contributed by atoms with Crippen LogP contribution in [0.3, 0.4) is 0 Å². The van der Waals surface area contributed by atoms with Gasteiger partial charge in [-0.3, -0.25) is 10.2 Å². The summed E-state index contributed by atoms with van der Waals surface area (Å²) in [6.07, 6.45) is 0. The Morgan fingerprint density at radius 1 is 1.50 bits per heavy atom. The molecule has 1 heterocycles. The van der Waals surface area contributed by atoms with Crippen LogP contribution in [0.5, 0.6) is 0 Å². The second-order valence-corrected chi connectivity index (χ2v) is 3.65. The second kappa shape index (κ2) is 2.51. The van der Waals surface area contributed by atoms with Crippen molar-refractivity contribution in [3.8, 4) is 0 Å². The van der Waals surface area contributed by atoms with Crippen LogP contribution in [0.2, 0.25) is 0 Å². The third-order valence-corrected chi connectivity index (χ3v) is 2.85. The summed E-state index contributed by atoms with van der Waals surface area (Å²) in [5, 5.41) is 3.51. The van der Waals surface area contributed by atoms with E-state index in [0.717, 1.165) is 6.54 Å². The summed E-state index contributed by atoms with van der Waals surface area (Å²) in [6, 6.07) is 0. The molecule has 1 fully saturated rings. The highest BCUT2D eigenvalue weighted by Gasteiger charge is 2.35. The van der Waals surface area contributed by atoms with Gasteiger partial charge >= 0.3 is 0 Å². The number of nitrogens with zero attached hydrogens (tertiary/aromatic N) is 1. The van der Waals surface area contributed by atoms with E-state index in [2.05, 4.69) is 38.0 Å². The topological polar surface area (TPSA) is 15.3 Å². The minimum atomic E-state index is 0.236. The average molecular weight is 142 g/mol. The summed E-state index contributed by atoms with van der Waals surface area (Å²) < 4.78 is 0. The highest BCUT2D eigenvalue weighted by molar-refractivity contribution is 4.90. The molecule has 1 N–H and O–H groups in total. The van der Waals surface area contributed by atoms with E-state index in [1.54, 1.807) is 0 Å². The van der Waals surface area contributed by atoms with Gasteiger partial charge in [0.2, 0.25) is 0 Å². The molecule has 0 bridgehead atoms. The van der Waals surface area contributed by atoms with Crippen LogP contribution in [-0.2, 0) is 0 Å². The van der Waals surface area contributed by atoms with Crippen molar-refractivity contribution in [1.29, 1.82) is 0 Å². The first-order valence-corrected chi connectivity index (χ1v) is 4.03. The molecule has 0 aromatic carbocycles. The van der Waals surface area contributed by atoms with Gasteiger partial charge in [0.05, 0.1) is 5.66 Å². The van der Waals surface area contributed by atoms with E-state index in [4.69, 9.17) is 0 Å². The summed E-state index contributed by atoms with van der Waals surface area (Å²) >= 11 is 0.